The van der Waals surface area contributed by atoms with Gasteiger partial charge in [-0.25, -0.2) is 4.79 Å². The van der Waals surface area contributed by atoms with Crippen molar-refractivity contribution in [1.29, 1.82) is 0 Å². The van der Waals surface area contributed by atoms with E-state index in [0.29, 0.717) is 35.7 Å². The fraction of sp³-hybridized carbons (Fsp3) is 0.625. The third kappa shape index (κ3) is 8.01. The van der Waals surface area contributed by atoms with Crippen LogP contribution < -0.4 is 10.6 Å². The maximum atomic E-state index is 13.3. The summed E-state index contributed by atoms with van der Waals surface area (Å²) in [5.41, 5.74) is 3.55. The summed E-state index contributed by atoms with van der Waals surface area (Å²) in [5, 5.41) is 12.2. The summed E-state index contributed by atoms with van der Waals surface area (Å²) in [6.45, 7) is 6.09. The van der Waals surface area contributed by atoms with Gasteiger partial charge in [-0.1, -0.05) is 80.0 Å². The number of rotatable bonds is 14. The minimum absolute atomic E-state index is 0.0564. The molecule has 9 rings (SSSR count). The lowest BCUT2D eigenvalue weighted by atomic mass is 9.44. The average Bonchev–Trinajstić information content (AvgIpc) is 3.92. The highest BCUT2D eigenvalue weighted by Gasteiger charge is 2.61. The molecule has 6 aliphatic rings. The van der Waals surface area contributed by atoms with Crippen molar-refractivity contribution in [3.63, 3.8) is 0 Å². The van der Waals surface area contributed by atoms with Gasteiger partial charge in [0.25, 0.3) is 0 Å². The van der Waals surface area contributed by atoms with Gasteiger partial charge in [0.05, 0.1) is 36.5 Å². The van der Waals surface area contributed by atoms with Gasteiger partial charge in [-0.15, -0.1) is 0 Å². The molecule has 58 heavy (non-hydrogen) atoms. The van der Waals surface area contributed by atoms with Gasteiger partial charge < -0.3 is 24.9 Å². The Morgan fingerprint density at radius 1 is 0.948 bits per heavy atom. The number of benzene rings is 2. The fourth-order valence-electron chi connectivity index (χ4n) is 12.9. The Hall–Kier alpha value is -3.63. The van der Waals surface area contributed by atoms with Crippen LogP contribution in [0, 0.1) is 40.4 Å². The van der Waals surface area contributed by atoms with E-state index in [1.54, 1.807) is 6.21 Å². The second-order valence-electron chi connectivity index (χ2n) is 18.9. The van der Waals surface area contributed by atoms with Crippen LogP contribution in [0.4, 0.5) is 4.79 Å². The smallest absolute Gasteiger partial charge is 0.315 e. The predicted molar refractivity (Wildman–Crippen MR) is 229 cm³/mol. The van der Waals surface area contributed by atoms with E-state index < -0.39 is 0 Å². The zero-order chi connectivity index (χ0) is 39.7. The molecule has 2 N–H and O–H groups in total. The Kier molecular flexibility index (Phi) is 11.8. The quantitative estimate of drug-likeness (QED) is 0.0549. The number of unbranched alkanes of at least 4 members (excludes halogenated alkanes) is 1. The second-order valence-corrected chi connectivity index (χ2v) is 20.2. The van der Waals surface area contributed by atoms with Crippen LogP contribution in [0.15, 0.2) is 72.0 Å². The first-order valence-electron chi connectivity index (χ1n) is 22.3. The van der Waals surface area contributed by atoms with E-state index in [9.17, 15) is 9.59 Å². The standard InChI is InChI=1S/C48H62N4O5S/c1-47-23-21-35(55-28-31-10-4-3-5-11-31)26-34(47)17-18-36-37-19-20-39(48(37,2)24-22-38(36)47)41(57-50-27-33-13-8-12-32-14-9-25-49-44(32)33)29-56-43(53)16-7-6-15-42-45-40(30-58-42)51-46(54)52-45/h3-5,8-14,25,27,34-42,45H,6-7,15-24,26,28-30H2,1-2H3,(H2,51,52,54)/b50-27+/t34-,35-,36-,37-,38-,39+,40-,41+,42-,45-,47-,48-/m0/s1. The summed E-state index contributed by atoms with van der Waals surface area (Å²) in [7, 11) is 0. The normalized spacial score (nSPS) is 35.7. The molecule has 10 heteroatoms. The Balaban J connectivity index is 0.844. The van der Waals surface area contributed by atoms with Crippen molar-refractivity contribution in [2.24, 2.45) is 45.6 Å². The summed E-state index contributed by atoms with van der Waals surface area (Å²) >= 11 is 1.92. The highest BCUT2D eigenvalue weighted by Crippen LogP contribution is 2.68. The Labute approximate surface area is 348 Å². The van der Waals surface area contributed by atoms with Crippen molar-refractivity contribution in [3.05, 3.63) is 78.0 Å². The van der Waals surface area contributed by atoms with Crippen molar-refractivity contribution in [1.82, 2.24) is 15.6 Å². The van der Waals surface area contributed by atoms with Gasteiger partial charge in [-0.3, -0.25) is 9.78 Å². The molecule has 0 unspecified atom stereocenters. The molecule has 0 bridgehead atoms. The number of ether oxygens (including phenoxy) is 2. The number of oxime groups is 1. The lowest BCUT2D eigenvalue weighted by Gasteiger charge is -2.61. The third-order valence-electron chi connectivity index (χ3n) is 16.0. The summed E-state index contributed by atoms with van der Waals surface area (Å²) in [5.74, 6) is 3.88. The highest BCUT2D eigenvalue weighted by molar-refractivity contribution is 8.00. The number of nitrogens with zero attached hydrogens (tertiary/aromatic N) is 2. The molecule has 6 fully saturated rings. The molecular formula is C48H62N4O5S. The van der Waals surface area contributed by atoms with Crippen LogP contribution in [-0.4, -0.2) is 65.1 Å². The zero-order valence-electron chi connectivity index (χ0n) is 34.4. The number of thioether (sulfide) groups is 1. The van der Waals surface area contributed by atoms with Crippen LogP contribution >= 0.6 is 11.8 Å². The first-order valence-corrected chi connectivity index (χ1v) is 23.4. The molecule has 0 radical (unpaired) electrons. The minimum atomic E-state index is -0.316. The monoisotopic (exact) mass is 806 g/mol. The lowest BCUT2D eigenvalue weighted by molar-refractivity contribution is -0.158. The van der Waals surface area contributed by atoms with Gasteiger partial charge in [-0.2, -0.15) is 11.8 Å². The molecule has 4 saturated carbocycles. The van der Waals surface area contributed by atoms with Gasteiger partial charge in [0.15, 0.2) is 6.10 Å². The molecule has 3 heterocycles. The molecule has 3 aromatic rings. The number of fused-ring (bicyclic) bond motifs is 7. The second kappa shape index (κ2) is 17.2. The molecule has 12 atom stereocenters. The third-order valence-corrected chi connectivity index (χ3v) is 17.5. The van der Waals surface area contributed by atoms with E-state index in [2.05, 4.69) is 77.1 Å². The molecule has 310 valence electrons. The topological polar surface area (TPSA) is 111 Å². The van der Waals surface area contributed by atoms with Crippen LogP contribution in [-0.2, 0) is 25.7 Å². The fourth-order valence-corrected chi connectivity index (χ4v) is 14.5. The van der Waals surface area contributed by atoms with Crippen LogP contribution in [0.25, 0.3) is 10.9 Å². The summed E-state index contributed by atoms with van der Waals surface area (Å²) in [4.78, 5) is 36.2. The molecule has 1 aromatic heterocycles. The van der Waals surface area contributed by atoms with Crippen LogP contribution in [0.3, 0.4) is 0 Å². The molecule has 0 spiro atoms. The maximum absolute atomic E-state index is 13.3. The van der Waals surface area contributed by atoms with Crippen molar-refractivity contribution in [2.45, 2.75) is 133 Å². The number of hydrogen-bond acceptors (Lipinski definition) is 8. The van der Waals surface area contributed by atoms with Gasteiger partial charge in [0, 0.05) is 40.5 Å². The number of urea groups is 1. The number of esters is 1. The van der Waals surface area contributed by atoms with E-state index in [4.69, 9.17) is 14.3 Å². The summed E-state index contributed by atoms with van der Waals surface area (Å²) < 4.78 is 12.6. The van der Waals surface area contributed by atoms with Crippen LogP contribution in [0.1, 0.15) is 108 Å². The van der Waals surface area contributed by atoms with Crippen LogP contribution in [0.5, 0.6) is 0 Å². The first-order chi connectivity index (χ1) is 28.3. The molecule has 2 aliphatic heterocycles. The van der Waals surface area contributed by atoms with Crippen molar-refractivity contribution >= 4 is 40.9 Å². The Bertz CT molecular complexity index is 1940. The van der Waals surface area contributed by atoms with Crippen molar-refractivity contribution < 1.29 is 23.9 Å². The number of aromatic nitrogens is 1. The first kappa shape index (κ1) is 39.8. The zero-order valence-corrected chi connectivity index (χ0v) is 35.2. The number of nitrogens with one attached hydrogen (secondary N) is 2. The predicted octanol–water partition coefficient (Wildman–Crippen LogP) is 9.47. The number of hydrogen-bond donors (Lipinski definition) is 2. The minimum Gasteiger partial charge on any atom is -0.462 e. The van der Waals surface area contributed by atoms with Gasteiger partial charge in [0.2, 0.25) is 0 Å². The van der Waals surface area contributed by atoms with Crippen molar-refractivity contribution in [2.75, 3.05) is 12.4 Å². The molecule has 2 amide bonds. The van der Waals surface area contributed by atoms with Gasteiger partial charge in [0.1, 0.15) is 6.61 Å². The Morgan fingerprint density at radius 3 is 2.69 bits per heavy atom. The average molecular weight is 807 g/mol. The van der Waals surface area contributed by atoms with Crippen molar-refractivity contribution in [3.8, 4) is 0 Å². The van der Waals surface area contributed by atoms with Gasteiger partial charge in [-0.05, 0) is 117 Å². The molecule has 2 saturated heterocycles. The number of carbonyl (C=O) groups is 2. The summed E-state index contributed by atoms with van der Waals surface area (Å²) in [6.07, 6.45) is 17.7. The number of para-hydroxylation sites is 1. The van der Waals surface area contributed by atoms with E-state index in [1.165, 1.54) is 50.5 Å². The maximum Gasteiger partial charge on any atom is 0.315 e. The number of pyridine rings is 1. The number of amides is 2. The largest absolute Gasteiger partial charge is 0.462 e. The molecular weight excluding hydrogens is 745 g/mol. The highest BCUT2D eigenvalue weighted by atomic mass is 32.2. The van der Waals surface area contributed by atoms with Crippen LogP contribution in [0.2, 0.25) is 0 Å². The summed E-state index contributed by atoms with van der Waals surface area (Å²) in [6, 6.07) is 21.1. The number of carbonyl (C=O) groups excluding carboxylic acids is 2. The van der Waals surface area contributed by atoms with E-state index >= 15 is 0 Å². The van der Waals surface area contributed by atoms with E-state index in [-0.39, 0.29) is 48.1 Å². The SMILES string of the molecule is C[C@]12CC[C@H](OCc3ccccc3)C[C@@H]1CC[C@@H]1[C@@H]2CC[C@]2(C)[C@@H]([C@@H](COC(=O)CCCC[C@@H]3SC[C@@H]4NC(=O)N[C@@H]43)O/N=C/c3cccc4cccnc34)CC[C@@H]12. The van der Waals surface area contributed by atoms with Gasteiger partial charge >= 0.3 is 12.0 Å². The van der Waals surface area contributed by atoms with E-state index in [0.717, 1.165) is 72.1 Å². The Morgan fingerprint density at radius 2 is 1.79 bits per heavy atom. The molecule has 9 nitrogen and oxygen atoms in total. The molecule has 4 aliphatic carbocycles. The van der Waals surface area contributed by atoms with E-state index in [1.807, 2.05) is 36.2 Å². The molecule has 2 aromatic carbocycles. The lowest BCUT2D eigenvalue weighted by Crippen LogP contribution is -2.54.